The number of benzene rings is 2. The number of nitrogens with zero attached hydrogens (tertiary/aromatic N) is 2. The number of aromatic nitrogens is 2. The summed E-state index contributed by atoms with van der Waals surface area (Å²) in [4.78, 5) is 12.6. The van der Waals surface area contributed by atoms with Crippen molar-refractivity contribution >= 4 is 22.4 Å². The first-order valence-electron chi connectivity index (χ1n) is 7.79. The number of amides is 1. The largest absolute Gasteiger partial charge is 0.416 e. The molecular formula is C18H14F3N3OS. The summed E-state index contributed by atoms with van der Waals surface area (Å²) in [6.45, 7) is 1.94. The lowest BCUT2D eigenvalue weighted by atomic mass is 9.98. The fraction of sp³-hybridized carbons (Fsp3) is 0.167. The molecule has 1 N–H and O–H groups in total. The minimum atomic E-state index is -4.40. The van der Waals surface area contributed by atoms with E-state index in [0.717, 1.165) is 23.6 Å². The number of rotatable bonds is 4. The first-order chi connectivity index (χ1) is 12.4. The molecule has 0 saturated carbocycles. The van der Waals surface area contributed by atoms with Gasteiger partial charge in [0.2, 0.25) is 5.13 Å². The quantitative estimate of drug-likeness (QED) is 0.693. The van der Waals surface area contributed by atoms with Crippen LogP contribution in [0.1, 0.15) is 27.9 Å². The molecule has 26 heavy (non-hydrogen) atoms. The molecule has 2 aromatic carbocycles. The highest BCUT2D eigenvalue weighted by molar-refractivity contribution is 7.15. The fourth-order valence-corrected chi connectivity index (χ4v) is 3.06. The summed E-state index contributed by atoms with van der Waals surface area (Å²) < 4.78 is 38.2. The predicted molar refractivity (Wildman–Crippen MR) is 94.1 cm³/mol. The first kappa shape index (κ1) is 18.1. The maximum atomic E-state index is 12.7. The molecule has 0 aliphatic carbocycles. The average Bonchev–Trinajstić information content (AvgIpc) is 3.08. The van der Waals surface area contributed by atoms with Crippen molar-refractivity contribution in [1.29, 1.82) is 0 Å². The van der Waals surface area contributed by atoms with Gasteiger partial charge in [0.25, 0.3) is 5.91 Å². The SMILES string of the molecule is CCc1nnc(NC(=O)c2ccccc2-c2ccc(C(F)(F)F)cc2)s1. The lowest BCUT2D eigenvalue weighted by Gasteiger charge is -2.11. The highest BCUT2D eigenvalue weighted by Gasteiger charge is 2.30. The molecule has 0 spiro atoms. The van der Waals surface area contributed by atoms with Gasteiger partial charge in [0.05, 0.1) is 5.56 Å². The number of carbonyl (C=O) groups is 1. The zero-order chi connectivity index (χ0) is 18.7. The number of carbonyl (C=O) groups excluding carboxylic acids is 1. The number of hydrogen-bond acceptors (Lipinski definition) is 4. The van der Waals surface area contributed by atoms with E-state index in [1.165, 1.54) is 23.5 Å². The second kappa shape index (κ2) is 7.25. The van der Waals surface area contributed by atoms with Gasteiger partial charge < -0.3 is 0 Å². The van der Waals surface area contributed by atoms with E-state index >= 15 is 0 Å². The van der Waals surface area contributed by atoms with E-state index in [0.29, 0.717) is 21.8 Å². The van der Waals surface area contributed by atoms with Crippen LogP contribution in [-0.2, 0) is 12.6 Å². The Morgan fingerprint density at radius 2 is 1.77 bits per heavy atom. The zero-order valence-electron chi connectivity index (χ0n) is 13.7. The Bertz CT molecular complexity index is 920. The molecule has 1 heterocycles. The van der Waals surface area contributed by atoms with Crippen molar-refractivity contribution in [3.8, 4) is 11.1 Å². The second-order valence-corrected chi connectivity index (χ2v) is 6.49. The van der Waals surface area contributed by atoms with Crippen LogP contribution in [0.5, 0.6) is 0 Å². The molecule has 0 aliphatic heterocycles. The summed E-state index contributed by atoms with van der Waals surface area (Å²) >= 11 is 1.28. The average molecular weight is 377 g/mol. The monoisotopic (exact) mass is 377 g/mol. The van der Waals surface area contributed by atoms with Crippen molar-refractivity contribution in [1.82, 2.24) is 10.2 Å². The van der Waals surface area contributed by atoms with E-state index in [9.17, 15) is 18.0 Å². The van der Waals surface area contributed by atoms with Crippen LogP contribution in [0.2, 0.25) is 0 Å². The van der Waals surface area contributed by atoms with Crippen molar-refractivity contribution in [2.45, 2.75) is 19.5 Å². The third-order valence-corrected chi connectivity index (χ3v) is 4.67. The molecule has 0 atom stereocenters. The van der Waals surface area contributed by atoms with Crippen LogP contribution in [0.3, 0.4) is 0 Å². The van der Waals surface area contributed by atoms with Crippen molar-refractivity contribution in [2.75, 3.05) is 5.32 Å². The Morgan fingerprint density at radius 3 is 2.38 bits per heavy atom. The van der Waals surface area contributed by atoms with Gasteiger partial charge >= 0.3 is 6.18 Å². The smallest absolute Gasteiger partial charge is 0.296 e. The van der Waals surface area contributed by atoms with Crippen LogP contribution in [0, 0.1) is 0 Å². The molecular weight excluding hydrogens is 363 g/mol. The van der Waals surface area contributed by atoms with Gasteiger partial charge in [-0.15, -0.1) is 10.2 Å². The number of alkyl halides is 3. The highest BCUT2D eigenvalue weighted by Crippen LogP contribution is 2.32. The van der Waals surface area contributed by atoms with Crippen molar-refractivity contribution in [3.05, 3.63) is 64.7 Å². The summed E-state index contributed by atoms with van der Waals surface area (Å²) in [7, 11) is 0. The van der Waals surface area contributed by atoms with Crippen molar-refractivity contribution in [3.63, 3.8) is 0 Å². The van der Waals surface area contributed by atoms with Gasteiger partial charge in [-0.1, -0.05) is 48.6 Å². The van der Waals surface area contributed by atoms with Crippen LogP contribution in [0.4, 0.5) is 18.3 Å². The van der Waals surface area contributed by atoms with Gasteiger partial charge in [0.1, 0.15) is 5.01 Å². The number of hydrogen-bond donors (Lipinski definition) is 1. The summed E-state index contributed by atoms with van der Waals surface area (Å²) in [5.41, 5.74) is 0.680. The van der Waals surface area contributed by atoms with Gasteiger partial charge in [-0.3, -0.25) is 10.1 Å². The van der Waals surface area contributed by atoms with E-state index in [-0.39, 0.29) is 5.91 Å². The minimum Gasteiger partial charge on any atom is -0.296 e. The molecule has 3 rings (SSSR count). The summed E-state index contributed by atoms with van der Waals surface area (Å²) in [5, 5.41) is 11.7. The van der Waals surface area contributed by atoms with Gasteiger partial charge in [-0.25, -0.2) is 0 Å². The number of aryl methyl sites for hydroxylation is 1. The Hall–Kier alpha value is -2.74. The minimum absolute atomic E-state index is 0.348. The first-order valence-corrected chi connectivity index (χ1v) is 8.60. The number of nitrogens with one attached hydrogen (secondary N) is 1. The molecule has 8 heteroatoms. The van der Waals surface area contributed by atoms with E-state index in [1.807, 2.05) is 6.92 Å². The van der Waals surface area contributed by atoms with Crippen molar-refractivity contribution in [2.24, 2.45) is 0 Å². The number of halogens is 3. The highest BCUT2D eigenvalue weighted by atomic mass is 32.1. The molecule has 4 nitrogen and oxygen atoms in total. The third kappa shape index (κ3) is 3.91. The Kier molecular flexibility index (Phi) is 5.03. The summed E-state index contributed by atoms with van der Waals surface area (Å²) in [6, 6.07) is 11.4. The van der Waals surface area contributed by atoms with Crippen LogP contribution in [-0.4, -0.2) is 16.1 Å². The summed E-state index contributed by atoms with van der Waals surface area (Å²) in [6.07, 6.45) is -3.68. The molecule has 0 radical (unpaired) electrons. The standard InChI is InChI=1S/C18H14F3N3OS/c1-2-15-23-24-17(26-15)22-16(25)14-6-4-3-5-13(14)11-7-9-12(10-8-11)18(19,20)21/h3-10H,2H2,1H3,(H,22,24,25). The molecule has 1 aromatic heterocycles. The molecule has 3 aromatic rings. The molecule has 0 unspecified atom stereocenters. The van der Waals surface area contributed by atoms with Gasteiger partial charge in [-0.05, 0) is 35.7 Å². The van der Waals surface area contributed by atoms with E-state index in [1.54, 1.807) is 24.3 Å². The van der Waals surface area contributed by atoms with E-state index in [4.69, 9.17) is 0 Å². The van der Waals surface area contributed by atoms with E-state index in [2.05, 4.69) is 15.5 Å². The van der Waals surface area contributed by atoms with Crippen LogP contribution >= 0.6 is 11.3 Å². The predicted octanol–water partition coefficient (Wildman–Crippen LogP) is 5.04. The van der Waals surface area contributed by atoms with Crippen LogP contribution < -0.4 is 5.32 Å². The molecule has 0 aliphatic rings. The molecule has 134 valence electrons. The van der Waals surface area contributed by atoms with Crippen LogP contribution in [0.25, 0.3) is 11.1 Å². The van der Waals surface area contributed by atoms with Crippen LogP contribution in [0.15, 0.2) is 48.5 Å². The molecule has 0 saturated heterocycles. The van der Waals surface area contributed by atoms with Gasteiger partial charge in [0, 0.05) is 5.56 Å². The maximum absolute atomic E-state index is 12.7. The third-order valence-electron chi connectivity index (χ3n) is 3.68. The maximum Gasteiger partial charge on any atom is 0.416 e. The Morgan fingerprint density at radius 1 is 1.08 bits per heavy atom. The normalized spacial score (nSPS) is 11.4. The van der Waals surface area contributed by atoms with Gasteiger partial charge in [-0.2, -0.15) is 13.2 Å². The van der Waals surface area contributed by atoms with E-state index < -0.39 is 11.7 Å². The topological polar surface area (TPSA) is 54.9 Å². The Labute approximate surface area is 151 Å². The Balaban J connectivity index is 1.89. The second-order valence-electron chi connectivity index (χ2n) is 5.43. The molecule has 1 amide bonds. The van der Waals surface area contributed by atoms with Crippen molar-refractivity contribution < 1.29 is 18.0 Å². The lowest BCUT2D eigenvalue weighted by Crippen LogP contribution is -2.13. The van der Waals surface area contributed by atoms with Gasteiger partial charge in [0.15, 0.2) is 0 Å². The lowest BCUT2D eigenvalue weighted by molar-refractivity contribution is -0.137. The molecule has 0 fully saturated rings. The number of anilines is 1. The fourth-order valence-electron chi connectivity index (χ4n) is 2.38. The molecule has 0 bridgehead atoms. The summed E-state index contributed by atoms with van der Waals surface area (Å²) in [5.74, 6) is -0.390. The zero-order valence-corrected chi connectivity index (χ0v) is 14.5.